The Morgan fingerprint density at radius 1 is 0.311 bits per heavy atom. The molecule has 1 aromatic rings. The Bertz CT molecular complexity index is 2380. The molecule has 2 atom stereocenters. The highest BCUT2D eigenvalue weighted by Gasteiger charge is 2.31. The fourth-order valence-electron chi connectivity index (χ4n) is 11.4. The number of esters is 6. The molecule has 106 heavy (non-hydrogen) atoms. The van der Waals surface area contributed by atoms with Crippen LogP contribution in [0.2, 0.25) is 0 Å². The van der Waals surface area contributed by atoms with E-state index in [1.807, 2.05) is 189 Å². The zero-order valence-corrected chi connectivity index (χ0v) is 68.4. The predicted octanol–water partition coefficient (Wildman–Crippen LogP) is 3.80. The second-order valence-electron chi connectivity index (χ2n) is 33.4. The van der Waals surface area contributed by atoms with Gasteiger partial charge in [-0.2, -0.15) is 0 Å². The number of β-amino-alcohol motifs (C(OH)–C–C–N with tert-alkyl or cyclic N) is 2. The van der Waals surface area contributed by atoms with E-state index in [1.165, 1.54) is 0 Å². The first kappa shape index (κ1) is 95.6. The second kappa shape index (κ2) is 49.6. The van der Waals surface area contributed by atoms with E-state index in [0.717, 1.165) is 5.56 Å². The van der Waals surface area contributed by atoms with Crippen molar-refractivity contribution < 1.29 is 95.8 Å². The van der Waals surface area contributed by atoms with Crippen molar-refractivity contribution in [1.29, 1.82) is 0 Å². The Morgan fingerprint density at radius 2 is 0.509 bits per heavy atom. The highest BCUT2D eigenvalue weighted by atomic mass is 16.6. The third kappa shape index (κ3) is 52.5. The molecule has 29 heteroatoms. The molecule has 0 saturated carbocycles. The average Bonchev–Trinajstić information content (AvgIpc) is 0.880. The summed E-state index contributed by atoms with van der Waals surface area (Å²) in [6, 6.07) is 9.99. The molecule has 2 aliphatic rings. The van der Waals surface area contributed by atoms with Gasteiger partial charge >= 0.3 is 35.8 Å². The van der Waals surface area contributed by atoms with Crippen molar-refractivity contribution in [2.45, 2.75) is 177 Å². The number of hydrogen-bond acceptors (Lipinski definition) is 29. The first-order valence-corrected chi connectivity index (χ1v) is 38.2. The second-order valence-corrected chi connectivity index (χ2v) is 33.4. The largest absolute Gasteiger partial charge is 0.459 e. The van der Waals surface area contributed by atoms with E-state index in [2.05, 4.69) is 9.80 Å². The Hall–Kier alpha value is -4.64. The van der Waals surface area contributed by atoms with Crippen molar-refractivity contribution in [3.63, 3.8) is 0 Å². The lowest BCUT2D eigenvalue weighted by atomic mass is 10.2. The highest BCUT2D eigenvalue weighted by Crippen LogP contribution is 2.16. The number of aliphatic hydroxyl groups excluding tert-OH is 2. The zero-order chi connectivity index (χ0) is 79.0. The van der Waals surface area contributed by atoms with E-state index in [-0.39, 0.29) is 78.7 Å². The van der Waals surface area contributed by atoms with Crippen molar-refractivity contribution in [1.82, 2.24) is 44.1 Å². The standard InChI is InChI=1S/C77H141N9O20/c1-72(2,3)101-66(89)56-80-28-24-78(25-29-81(57-67(90)102-73(4,5)6)33-37-84(36-32-80)60-70(93)105-76(13,14)15)52-64(87)54-86(40-41-95-42-43-96-44-45-97-46-47-98-48-49-99-50-51-100-62-63-22-20-19-21-23-63)55-65(88)53-79-26-30-82(58-68(91)103-74(7,8)9)34-38-85(61-71(94)106-77(16,17)18)39-35-83(31-27-79)59-69(92)104-75(10,11)12/h19-23,64-65,87-88H,24-62H2,1-18H3. The van der Waals surface area contributed by atoms with Gasteiger partial charge in [-0.25, -0.2) is 0 Å². The van der Waals surface area contributed by atoms with Crippen molar-refractivity contribution in [2.75, 3.05) is 249 Å². The fourth-order valence-corrected chi connectivity index (χ4v) is 11.4. The summed E-state index contributed by atoms with van der Waals surface area (Å²) in [7, 11) is 0. The minimum atomic E-state index is -0.972. The summed E-state index contributed by atoms with van der Waals surface area (Å²) in [4.78, 5) is 99.0. The van der Waals surface area contributed by atoms with Crippen LogP contribution in [0.1, 0.15) is 130 Å². The smallest absolute Gasteiger partial charge is 0.320 e. The highest BCUT2D eigenvalue weighted by molar-refractivity contribution is 5.74. The summed E-state index contributed by atoms with van der Waals surface area (Å²) in [6.07, 6.45) is -1.94. The van der Waals surface area contributed by atoms with Crippen molar-refractivity contribution >= 4 is 35.8 Å². The van der Waals surface area contributed by atoms with Crippen molar-refractivity contribution in [3.8, 4) is 0 Å². The zero-order valence-electron chi connectivity index (χ0n) is 68.4. The lowest BCUT2D eigenvalue weighted by Crippen LogP contribution is -2.52. The molecule has 614 valence electrons. The van der Waals surface area contributed by atoms with Crippen LogP contribution in [0.4, 0.5) is 0 Å². The Labute approximate surface area is 635 Å². The van der Waals surface area contributed by atoms with Gasteiger partial charge in [0.25, 0.3) is 0 Å². The molecule has 0 spiro atoms. The molecule has 2 saturated heterocycles. The maximum absolute atomic E-state index is 13.5. The SMILES string of the molecule is CC(C)(C)OC(=O)CN1CCN(CC(=O)OC(C)(C)C)CCN(CC(O)CN(CCOCCOCCOCCOCCOCCOCc2ccccc2)CC(O)CN2CCN(CC(=O)OC(C)(C)C)CCN(CC(=O)OC(C)(C)C)CCN(CC(=O)OC(C)(C)C)CC2)CCN(CC(=O)OC(C)(C)C)CC1. The Morgan fingerprint density at radius 3 is 0.726 bits per heavy atom. The molecule has 0 radical (unpaired) electrons. The third-order valence-corrected chi connectivity index (χ3v) is 15.9. The van der Waals surface area contributed by atoms with Gasteiger partial charge in [0.15, 0.2) is 0 Å². The lowest BCUT2D eigenvalue weighted by Gasteiger charge is -2.36. The molecule has 3 rings (SSSR count). The number of aliphatic hydroxyl groups is 2. The monoisotopic (exact) mass is 1510 g/mol. The van der Waals surface area contributed by atoms with E-state index in [9.17, 15) is 39.0 Å². The minimum Gasteiger partial charge on any atom is -0.459 e. The van der Waals surface area contributed by atoms with E-state index in [4.69, 9.17) is 56.8 Å². The third-order valence-electron chi connectivity index (χ3n) is 15.9. The van der Waals surface area contributed by atoms with Crippen molar-refractivity contribution in [2.24, 2.45) is 0 Å². The molecule has 0 bridgehead atoms. The lowest BCUT2D eigenvalue weighted by molar-refractivity contribution is -0.158. The molecule has 0 amide bonds. The Kier molecular flexibility index (Phi) is 44.7. The number of benzene rings is 1. The van der Waals surface area contributed by atoms with Crippen LogP contribution in [0.15, 0.2) is 30.3 Å². The van der Waals surface area contributed by atoms with Gasteiger partial charge in [0.05, 0.1) is 131 Å². The summed E-state index contributed by atoms with van der Waals surface area (Å²) >= 11 is 0. The maximum atomic E-state index is 13.5. The topological polar surface area (TPSA) is 283 Å². The fraction of sp³-hybridized carbons (Fsp3) is 0.844. The van der Waals surface area contributed by atoms with Gasteiger partial charge in [-0.3, -0.25) is 72.9 Å². The summed E-state index contributed by atoms with van der Waals surface area (Å²) in [5, 5.41) is 24.8. The number of ether oxygens (including phenoxy) is 12. The van der Waals surface area contributed by atoms with Crippen LogP contribution in [0.25, 0.3) is 0 Å². The van der Waals surface area contributed by atoms with E-state index in [1.54, 1.807) is 0 Å². The summed E-state index contributed by atoms with van der Waals surface area (Å²) in [6.45, 7) is 44.8. The first-order valence-electron chi connectivity index (χ1n) is 38.2. The average molecular weight is 1510 g/mol. The molecule has 29 nitrogen and oxygen atoms in total. The molecular weight excluding hydrogens is 1370 g/mol. The van der Waals surface area contributed by atoms with Crippen molar-refractivity contribution in [3.05, 3.63) is 35.9 Å². The number of rotatable bonds is 40. The normalized spacial score (nSPS) is 17.7. The molecule has 0 aromatic heterocycles. The molecule has 2 aliphatic heterocycles. The summed E-state index contributed by atoms with van der Waals surface area (Å²) in [5.74, 6) is -2.37. The van der Waals surface area contributed by atoms with E-state index < -0.39 is 81.6 Å². The van der Waals surface area contributed by atoms with Gasteiger partial charge in [-0.1, -0.05) is 30.3 Å². The van der Waals surface area contributed by atoms with Crippen LogP contribution in [-0.2, 0) is 92.2 Å². The maximum Gasteiger partial charge on any atom is 0.320 e. The van der Waals surface area contributed by atoms with Gasteiger partial charge in [-0.15, -0.1) is 0 Å². The molecule has 2 unspecified atom stereocenters. The predicted molar refractivity (Wildman–Crippen MR) is 405 cm³/mol. The number of hydrogen-bond donors (Lipinski definition) is 2. The van der Waals surface area contributed by atoms with Crippen LogP contribution < -0.4 is 0 Å². The number of carbonyl (C=O) groups is 6. The quantitative estimate of drug-likeness (QED) is 0.0537. The first-order chi connectivity index (χ1) is 49.5. The van der Waals surface area contributed by atoms with E-state index in [0.29, 0.717) is 177 Å². The van der Waals surface area contributed by atoms with Crippen LogP contribution in [-0.4, -0.2) is 385 Å². The molecular formula is C77H141N9O20. The molecule has 1 aromatic carbocycles. The molecule has 2 fully saturated rings. The molecule has 2 heterocycles. The van der Waals surface area contributed by atoms with Crippen LogP contribution in [0.5, 0.6) is 0 Å². The molecule has 0 aliphatic carbocycles. The van der Waals surface area contributed by atoms with E-state index >= 15 is 0 Å². The van der Waals surface area contributed by atoms with Gasteiger partial charge in [0.2, 0.25) is 0 Å². The van der Waals surface area contributed by atoms with Gasteiger partial charge in [0.1, 0.15) is 33.6 Å². The summed E-state index contributed by atoms with van der Waals surface area (Å²) in [5.41, 5.74) is -3.19. The Balaban J connectivity index is 1.89. The number of carbonyl (C=O) groups excluding carboxylic acids is 6. The summed E-state index contributed by atoms with van der Waals surface area (Å²) < 4.78 is 69.3. The minimum absolute atomic E-state index is 0.00147. The number of nitrogens with zero attached hydrogens (tertiary/aromatic N) is 9. The van der Waals surface area contributed by atoms with Crippen LogP contribution in [0, 0.1) is 0 Å². The van der Waals surface area contributed by atoms with Gasteiger partial charge < -0.3 is 67.1 Å². The van der Waals surface area contributed by atoms with Gasteiger partial charge in [-0.05, 0) is 130 Å². The van der Waals surface area contributed by atoms with Crippen LogP contribution in [0.3, 0.4) is 0 Å². The van der Waals surface area contributed by atoms with Crippen LogP contribution >= 0.6 is 0 Å². The van der Waals surface area contributed by atoms with Gasteiger partial charge in [0, 0.05) is 137 Å². The molecule has 2 N–H and O–H groups in total.